The maximum absolute atomic E-state index is 5.60. The highest BCUT2D eigenvalue weighted by Crippen LogP contribution is 2.21. The van der Waals surface area contributed by atoms with Crippen LogP contribution in [0.15, 0.2) is 27.8 Å². The first-order chi connectivity index (χ1) is 9.78. The number of aliphatic imine (C=N–C) groups is 1. The zero-order valence-electron chi connectivity index (χ0n) is 12.7. The molecule has 0 spiro atoms. The van der Waals surface area contributed by atoms with Crippen molar-refractivity contribution in [1.82, 2.24) is 15.5 Å². The largest absolute Gasteiger partial charge is 0.468 e. The molecule has 1 heterocycles. The van der Waals surface area contributed by atoms with Crippen LogP contribution < -0.4 is 10.6 Å². The lowest BCUT2D eigenvalue weighted by molar-refractivity contribution is 0.193. The molecule has 0 aliphatic heterocycles. The molecule has 0 amide bonds. The fraction of sp³-hybridized carbons (Fsp3) is 0.667. The van der Waals surface area contributed by atoms with Crippen LogP contribution in [0.25, 0.3) is 0 Å². The molecule has 2 N–H and O–H groups in total. The van der Waals surface area contributed by atoms with Gasteiger partial charge in [0.05, 0.1) is 12.3 Å². The Morgan fingerprint density at radius 2 is 2.20 bits per heavy atom. The van der Waals surface area contributed by atoms with Crippen molar-refractivity contribution in [3.05, 3.63) is 24.2 Å². The summed E-state index contributed by atoms with van der Waals surface area (Å²) in [4.78, 5) is 6.66. The fourth-order valence-electron chi connectivity index (χ4n) is 2.36. The molecule has 0 aromatic carbocycles. The summed E-state index contributed by atoms with van der Waals surface area (Å²) in [6.07, 6.45) is 4.24. The highest BCUT2D eigenvalue weighted by Gasteiger charge is 2.24. The van der Waals surface area contributed by atoms with Crippen LogP contribution >= 0.6 is 0 Å². The minimum absolute atomic E-state index is 0.234. The first-order valence-corrected chi connectivity index (χ1v) is 7.53. The normalized spacial score (nSPS) is 17.3. The molecule has 1 aromatic heterocycles. The van der Waals surface area contributed by atoms with Crippen LogP contribution in [-0.2, 0) is 0 Å². The third-order valence-corrected chi connectivity index (χ3v) is 3.73. The maximum atomic E-state index is 5.60. The molecule has 5 heteroatoms. The third-order valence-electron chi connectivity index (χ3n) is 3.73. The molecule has 1 saturated carbocycles. The monoisotopic (exact) mass is 278 g/mol. The number of likely N-dealkylation sites (N-methyl/N-ethyl adjacent to an activating group) is 1. The van der Waals surface area contributed by atoms with Crippen LogP contribution in [0.1, 0.15) is 38.5 Å². The van der Waals surface area contributed by atoms with Crippen LogP contribution in [0.4, 0.5) is 0 Å². The van der Waals surface area contributed by atoms with Gasteiger partial charge in [-0.15, -0.1) is 0 Å². The molecule has 5 nitrogen and oxygen atoms in total. The van der Waals surface area contributed by atoms with Gasteiger partial charge in [0.15, 0.2) is 5.96 Å². The summed E-state index contributed by atoms with van der Waals surface area (Å²) in [5.41, 5.74) is 0. The Bertz CT molecular complexity index is 408. The van der Waals surface area contributed by atoms with E-state index in [1.54, 1.807) is 6.26 Å². The first-order valence-electron chi connectivity index (χ1n) is 7.53. The van der Waals surface area contributed by atoms with Crippen LogP contribution in [0.3, 0.4) is 0 Å². The van der Waals surface area contributed by atoms with E-state index in [1.165, 1.54) is 12.8 Å². The minimum Gasteiger partial charge on any atom is -0.468 e. The second kappa shape index (κ2) is 7.33. The van der Waals surface area contributed by atoms with E-state index in [-0.39, 0.29) is 6.04 Å². The van der Waals surface area contributed by atoms with Gasteiger partial charge in [0, 0.05) is 19.6 Å². The summed E-state index contributed by atoms with van der Waals surface area (Å²) in [6, 6.07) is 4.83. The van der Waals surface area contributed by atoms with E-state index in [2.05, 4.69) is 34.4 Å². The Balaban J connectivity index is 1.96. The molecular formula is C15H26N4O. The molecule has 0 bridgehead atoms. The van der Waals surface area contributed by atoms with Gasteiger partial charge >= 0.3 is 0 Å². The number of nitrogens with zero attached hydrogens (tertiary/aromatic N) is 2. The molecule has 112 valence electrons. The minimum atomic E-state index is 0.234. The number of nitrogens with one attached hydrogen (secondary N) is 2. The maximum Gasteiger partial charge on any atom is 0.191 e. The second-order valence-corrected chi connectivity index (χ2v) is 5.12. The number of hydrogen-bond donors (Lipinski definition) is 2. The zero-order valence-corrected chi connectivity index (χ0v) is 12.7. The van der Waals surface area contributed by atoms with E-state index < -0.39 is 0 Å². The number of guanidine groups is 1. The van der Waals surface area contributed by atoms with Gasteiger partial charge in [-0.05, 0) is 38.1 Å². The summed E-state index contributed by atoms with van der Waals surface area (Å²) in [5.74, 6) is 1.89. The van der Waals surface area contributed by atoms with E-state index in [1.807, 2.05) is 19.2 Å². The molecular weight excluding hydrogens is 252 g/mol. The summed E-state index contributed by atoms with van der Waals surface area (Å²) < 4.78 is 5.60. The van der Waals surface area contributed by atoms with Gasteiger partial charge in [0.25, 0.3) is 0 Å². The average Bonchev–Trinajstić information content (AvgIpc) is 3.12. The quantitative estimate of drug-likeness (QED) is 0.591. The summed E-state index contributed by atoms with van der Waals surface area (Å²) >= 11 is 0. The Morgan fingerprint density at radius 1 is 1.45 bits per heavy atom. The summed E-state index contributed by atoms with van der Waals surface area (Å²) in [6.45, 7) is 7.14. The molecule has 1 aromatic rings. The van der Waals surface area contributed by atoms with Gasteiger partial charge in [-0.3, -0.25) is 9.89 Å². The van der Waals surface area contributed by atoms with Crippen molar-refractivity contribution in [3.63, 3.8) is 0 Å². The van der Waals surface area contributed by atoms with E-state index in [0.717, 1.165) is 31.4 Å². The first kappa shape index (κ1) is 14.9. The lowest BCUT2D eigenvalue weighted by Gasteiger charge is -2.28. The van der Waals surface area contributed by atoms with Gasteiger partial charge in [0.2, 0.25) is 0 Å². The van der Waals surface area contributed by atoms with Gasteiger partial charge in [-0.2, -0.15) is 0 Å². The molecule has 1 aliphatic carbocycles. The van der Waals surface area contributed by atoms with Gasteiger partial charge in [-0.1, -0.05) is 13.8 Å². The van der Waals surface area contributed by atoms with Crippen molar-refractivity contribution < 1.29 is 4.42 Å². The van der Waals surface area contributed by atoms with Crippen LogP contribution in [-0.4, -0.2) is 43.6 Å². The Hall–Kier alpha value is -1.49. The van der Waals surface area contributed by atoms with Crippen molar-refractivity contribution in [3.8, 4) is 0 Å². The van der Waals surface area contributed by atoms with Crippen molar-refractivity contribution in [2.75, 3.05) is 26.7 Å². The average molecular weight is 278 g/mol. The predicted molar refractivity (Wildman–Crippen MR) is 81.9 cm³/mol. The Kier molecular flexibility index (Phi) is 5.47. The second-order valence-electron chi connectivity index (χ2n) is 5.12. The lowest BCUT2D eigenvalue weighted by atomic mass is 10.2. The van der Waals surface area contributed by atoms with Gasteiger partial charge in [-0.25, -0.2) is 0 Å². The predicted octanol–water partition coefficient (Wildman–Crippen LogP) is 1.99. The molecule has 20 heavy (non-hydrogen) atoms. The number of furan rings is 1. The standard InChI is InChI=1S/C15H26N4O/c1-4-19(5-2)13(14-7-6-10-20-14)11-17-15(16-3)18-12-8-9-12/h6-7,10,12-13H,4-5,8-9,11H2,1-3H3,(H2,16,17,18). The molecule has 1 fully saturated rings. The third kappa shape index (κ3) is 4.00. The Morgan fingerprint density at radius 3 is 2.70 bits per heavy atom. The molecule has 1 aliphatic rings. The SMILES string of the molecule is CCN(CC)C(CNC(=NC)NC1CC1)c1ccco1. The van der Waals surface area contributed by atoms with E-state index in [4.69, 9.17) is 4.42 Å². The lowest BCUT2D eigenvalue weighted by Crippen LogP contribution is -2.43. The fourth-order valence-corrected chi connectivity index (χ4v) is 2.36. The van der Waals surface area contributed by atoms with Crippen molar-refractivity contribution >= 4 is 5.96 Å². The van der Waals surface area contributed by atoms with Gasteiger partial charge < -0.3 is 15.1 Å². The van der Waals surface area contributed by atoms with Gasteiger partial charge in [0.1, 0.15) is 5.76 Å². The molecule has 1 unspecified atom stereocenters. The van der Waals surface area contributed by atoms with Crippen molar-refractivity contribution in [1.29, 1.82) is 0 Å². The van der Waals surface area contributed by atoms with E-state index in [9.17, 15) is 0 Å². The number of rotatable bonds is 7. The van der Waals surface area contributed by atoms with Crippen LogP contribution in [0, 0.1) is 0 Å². The smallest absolute Gasteiger partial charge is 0.191 e. The summed E-state index contributed by atoms with van der Waals surface area (Å²) in [5, 5.41) is 6.82. The molecule has 0 radical (unpaired) electrons. The van der Waals surface area contributed by atoms with Crippen LogP contribution in [0.2, 0.25) is 0 Å². The van der Waals surface area contributed by atoms with Crippen LogP contribution in [0.5, 0.6) is 0 Å². The summed E-state index contributed by atoms with van der Waals surface area (Å²) in [7, 11) is 1.82. The topological polar surface area (TPSA) is 52.8 Å². The van der Waals surface area contributed by atoms with Crippen molar-refractivity contribution in [2.45, 2.75) is 38.8 Å². The molecule has 2 rings (SSSR count). The van der Waals surface area contributed by atoms with E-state index >= 15 is 0 Å². The van der Waals surface area contributed by atoms with E-state index in [0.29, 0.717) is 6.04 Å². The molecule has 0 saturated heterocycles. The zero-order chi connectivity index (χ0) is 14.4. The highest BCUT2D eigenvalue weighted by atomic mass is 16.3. The highest BCUT2D eigenvalue weighted by molar-refractivity contribution is 5.80. The molecule has 1 atom stereocenters. The Labute approximate surface area is 121 Å². The van der Waals surface area contributed by atoms with Crippen molar-refractivity contribution in [2.24, 2.45) is 4.99 Å². The number of hydrogen-bond acceptors (Lipinski definition) is 3.